The molecule has 0 spiro atoms. The zero-order valence-electron chi connectivity index (χ0n) is 19.8. The van der Waals surface area contributed by atoms with Crippen LogP contribution in [0.25, 0.3) is 10.8 Å². The molecule has 0 unspecified atom stereocenters. The summed E-state index contributed by atoms with van der Waals surface area (Å²) in [5, 5.41) is 17.9. The standard InChI is InChI=1S/C26H28N4O4S/c1-2-3-4-9-14-30-25(32)19-12-6-5-11-18(19)23(29-30)26(33)34-16-22(31)28-24-20(15-27)17-10-7-8-13-21(17)35-24/h5-6,11-12H,2-4,7-10,13-14,16H2,1H3,(H,28,31). The van der Waals surface area contributed by atoms with E-state index in [1.54, 1.807) is 24.3 Å². The number of nitrogens with zero attached hydrogens (tertiary/aromatic N) is 3. The van der Waals surface area contributed by atoms with Crippen LogP contribution in [-0.2, 0) is 28.9 Å². The van der Waals surface area contributed by atoms with Crippen LogP contribution in [0.1, 0.15) is 71.9 Å². The molecule has 182 valence electrons. The smallest absolute Gasteiger partial charge is 0.359 e. The number of ether oxygens (including phenoxy) is 1. The monoisotopic (exact) mass is 492 g/mol. The van der Waals surface area contributed by atoms with Gasteiger partial charge in [0, 0.05) is 16.8 Å². The highest BCUT2D eigenvalue weighted by atomic mass is 32.1. The number of unbranched alkanes of at least 4 members (excludes halogenated alkanes) is 3. The molecule has 1 amide bonds. The molecule has 2 heterocycles. The number of hydrogen-bond acceptors (Lipinski definition) is 7. The number of carbonyl (C=O) groups is 2. The molecule has 8 nitrogen and oxygen atoms in total. The summed E-state index contributed by atoms with van der Waals surface area (Å²) in [5.74, 6) is -1.30. The first-order valence-corrected chi connectivity index (χ1v) is 12.9. The number of hydrogen-bond donors (Lipinski definition) is 1. The number of aromatic nitrogens is 2. The number of amides is 1. The maximum absolute atomic E-state index is 12.9. The van der Waals surface area contributed by atoms with E-state index in [9.17, 15) is 19.6 Å². The van der Waals surface area contributed by atoms with E-state index in [0.717, 1.165) is 61.8 Å². The van der Waals surface area contributed by atoms with Crippen LogP contribution >= 0.6 is 11.3 Å². The van der Waals surface area contributed by atoms with Crippen molar-refractivity contribution < 1.29 is 14.3 Å². The summed E-state index contributed by atoms with van der Waals surface area (Å²) in [5.41, 5.74) is 1.28. The van der Waals surface area contributed by atoms with Crippen molar-refractivity contribution in [3.8, 4) is 6.07 Å². The molecule has 1 aliphatic carbocycles. The molecule has 35 heavy (non-hydrogen) atoms. The predicted molar refractivity (Wildman–Crippen MR) is 135 cm³/mol. The molecular formula is C26H28N4O4S. The van der Waals surface area contributed by atoms with Gasteiger partial charge in [-0.1, -0.05) is 44.4 Å². The van der Waals surface area contributed by atoms with Crippen LogP contribution in [0.4, 0.5) is 5.00 Å². The van der Waals surface area contributed by atoms with Crippen molar-refractivity contribution in [3.05, 3.63) is 56.3 Å². The van der Waals surface area contributed by atoms with Crippen LogP contribution < -0.4 is 10.9 Å². The Morgan fingerprint density at radius 2 is 1.94 bits per heavy atom. The summed E-state index contributed by atoms with van der Waals surface area (Å²) in [6.07, 6.45) is 7.74. The molecule has 0 aliphatic heterocycles. The van der Waals surface area contributed by atoms with E-state index in [4.69, 9.17) is 4.74 Å². The number of fused-ring (bicyclic) bond motifs is 2. The lowest BCUT2D eigenvalue weighted by Gasteiger charge is -2.11. The first-order chi connectivity index (χ1) is 17.0. The van der Waals surface area contributed by atoms with Gasteiger partial charge in [-0.2, -0.15) is 10.4 Å². The lowest BCUT2D eigenvalue weighted by molar-refractivity contribution is -0.119. The van der Waals surface area contributed by atoms with Gasteiger partial charge in [0.05, 0.1) is 10.9 Å². The maximum Gasteiger partial charge on any atom is 0.359 e. The fraction of sp³-hybridized carbons (Fsp3) is 0.423. The quantitative estimate of drug-likeness (QED) is 0.345. The van der Waals surface area contributed by atoms with E-state index in [1.807, 2.05) is 0 Å². The average molecular weight is 493 g/mol. The van der Waals surface area contributed by atoms with Gasteiger partial charge < -0.3 is 10.1 Å². The minimum Gasteiger partial charge on any atom is -0.451 e. The highest BCUT2D eigenvalue weighted by Gasteiger charge is 2.23. The molecule has 0 saturated carbocycles. The second-order valence-electron chi connectivity index (χ2n) is 8.63. The Morgan fingerprint density at radius 3 is 2.71 bits per heavy atom. The van der Waals surface area contributed by atoms with Gasteiger partial charge in [-0.05, 0) is 43.7 Å². The molecule has 9 heteroatoms. The minimum absolute atomic E-state index is 0.00722. The van der Waals surface area contributed by atoms with Gasteiger partial charge in [-0.15, -0.1) is 11.3 Å². The third-order valence-corrected chi connectivity index (χ3v) is 7.36. The van der Waals surface area contributed by atoms with Gasteiger partial charge in [-0.25, -0.2) is 9.48 Å². The van der Waals surface area contributed by atoms with Gasteiger partial charge >= 0.3 is 5.97 Å². The molecule has 0 fully saturated rings. The molecule has 2 aromatic heterocycles. The fourth-order valence-electron chi connectivity index (χ4n) is 4.36. The zero-order valence-corrected chi connectivity index (χ0v) is 20.6. The number of carbonyl (C=O) groups excluding carboxylic acids is 2. The first-order valence-electron chi connectivity index (χ1n) is 12.0. The van der Waals surface area contributed by atoms with Crippen molar-refractivity contribution >= 4 is 39.0 Å². The second kappa shape index (κ2) is 11.3. The number of rotatable bonds is 9. The molecule has 0 atom stereocenters. The molecule has 0 bridgehead atoms. The molecule has 0 radical (unpaired) electrons. The molecule has 4 rings (SSSR count). The van der Waals surface area contributed by atoms with E-state index in [0.29, 0.717) is 27.9 Å². The maximum atomic E-state index is 12.9. The Labute approximate surface area is 207 Å². The van der Waals surface area contributed by atoms with Gasteiger partial charge in [-0.3, -0.25) is 9.59 Å². The first kappa shape index (κ1) is 24.6. The Bertz CT molecular complexity index is 1350. The van der Waals surface area contributed by atoms with Crippen molar-refractivity contribution in [2.45, 2.75) is 64.8 Å². The van der Waals surface area contributed by atoms with E-state index in [2.05, 4.69) is 23.4 Å². The van der Waals surface area contributed by atoms with E-state index < -0.39 is 18.5 Å². The minimum atomic E-state index is -0.773. The Hall–Kier alpha value is -3.51. The van der Waals surface area contributed by atoms with Crippen LogP contribution in [0.3, 0.4) is 0 Å². The predicted octanol–water partition coefficient (Wildman–Crippen LogP) is 4.58. The SMILES string of the molecule is CCCCCCn1nc(C(=O)OCC(=O)Nc2sc3c(c2C#N)CCCC3)c2ccccc2c1=O. The molecular weight excluding hydrogens is 464 g/mol. The summed E-state index contributed by atoms with van der Waals surface area (Å²) in [6.45, 7) is 2.00. The number of thiophene rings is 1. The van der Waals surface area contributed by atoms with Gasteiger partial charge in [0.25, 0.3) is 11.5 Å². The van der Waals surface area contributed by atoms with E-state index in [1.165, 1.54) is 16.0 Å². The Morgan fingerprint density at radius 1 is 1.17 bits per heavy atom. The van der Waals surface area contributed by atoms with Crippen molar-refractivity contribution in [2.24, 2.45) is 0 Å². The fourth-order valence-corrected chi connectivity index (χ4v) is 5.62. The van der Waals surface area contributed by atoms with Gasteiger partial charge in [0.15, 0.2) is 12.3 Å². The lowest BCUT2D eigenvalue weighted by Crippen LogP contribution is -2.28. The summed E-state index contributed by atoms with van der Waals surface area (Å²) < 4.78 is 6.59. The highest BCUT2D eigenvalue weighted by Crippen LogP contribution is 2.37. The summed E-state index contributed by atoms with van der Waals surface area (Å²) >= 11 is 1.42. The number of esters is 1. The summed E-state index contributed by atoms with van der Waals surface area (Å²) in [7, 11) is 0. The van der Waals surface area contributed by atoms with Crippen LogP contribution in [0.15, 0.2) is 29.1 Å². The van der Waals surface area contributed by atoms with Gasteiger partial charge in [0.1, 0.15) is 11.1 Å². The molecule has 1 aliphatic rings. The number of nitrogens with one attached hydrogen (secondary N) is 1. The number of anilines is 1. The third-order valence-electron chi connectivity index (χ3n) is 6.15. The number of nitriles is 1. The lowest BCUT2D eigenvalue weighted by atomic mass is 9.96. The largest absolute Gasteiger partial charge is 0.451 e. The molecule has 3 aromatic rings. The van der Waals surface area contributed by atoms with Gasteiger partial charge in [0.2, 0.25) is 0 Å². The Balaban J connectivity index is 1.48. The van der Waals surface area contributed by atoms with Crippen LogP contribution in [-0.4, -0.2) is 28.3 Å². The summed E-state index contributed by atoms with van der Waals surface area (Å²) in [4.78, 5) is 39.4. The third kappa shape index (κ3) is 5.43. The molecule has 1 N–H and O–H groups in total. The average Bonchev–Trinajstić information content (AvgIpc) is 3.23. The van der Waals surface area contributed by atoms with E-state index in [-0.39, 0.29) is 11.3 Å². The van der Waals surface area contributed by atoms with E-state index >= 15 is 0 Å². The van der Waals surface area contributed by atoms with Crippen LogP contribution in [0.2, 0.25) is 0 Å². The number of benzene rings is 1. The van der Waals surface area contributed by atoms with Crippen LogP contribution in [0.5, 0.6) is 0 Å². The molecule has 1 aromatic carbocycles. The Kier molecular flexibility index (Phi) is 7.93. The normalized spacial score (nSPS) is 12.7. The highest BCUT2D eigenvalue weighted by molar-refractivity contribution is 7.16. The summed E-state index contributed by atoms with van der Waals surface area (Å²) in [6, 6.07) is 8.97. The molecule has 0 saturated heterocycles. The van der Waals surface area contributed by atoms with Crippen molar-refractivity contribution in [2.75, 3.05) is 11.9 Å². The van der Waals surface area contributed by atoms with Crippen molar-refractivity contribution in [1.82, 2.24) is 9.78 Å². The van der Waals surface area contributed by atoms with Crippen molar-refractivity contribution in [3.63, 3.8) is 0 Å². The van der Waals surface area contributed by atoms with Crippen LogP contribution in [0, 0.1) is 11.3 Å². The zero-order chi connectivity index (χ0) is 24.8. The van der Waals surface area contributed by atoms with Crippen molar-refractivity contribution in [1.29, 1.82) is 5.26 Å². The number of aryl methyl sites for hydroxylation is 2. The topological polar surface area (TPSA) is 114 Å². The second-order valence-corrected chi connectivity index (χ2v) is 9.74.